The second kappa shape index (κ2) is 4.95. The van der Waals surface area contributed by atoms with E-state index in [-0.39, 0.29) is 12.2 Å². The monoisotopic (exact) mass is 250 g/mol. The number of rotatable bonds is 1. The predicted octanol–water partition coefficient (Wildman–Crippen LogP) is 2.83. The Bertz CT molecular complexity index is 445. The number of hydrogen-bond donors (Lipinski definition) is 0. The minimum atomic E-state index is 0.216. The summed E-state index contributed by atoms with van der Waals surface area (Å²) in [7, 11) is 0. The second-order valence-electron chi connectivity index (χ2n) is 4.44. The van der Waals surface area contributed by atoms with Crippen LogP contribution in [0.15, 0.2) is 18.2 Å². The quantitative estimate of drug-likeness (QED) is 0.769. The van der Waals surface area contributed by atoms with Crippen molar-refractivity contribution in [2.45, 2.75) is 26.1 Å². The van der Waals surface area contributed by atoms with Crippen molar-refractivity contribution in [3.05, 3.63) is 28.8 Å². The molecule has 0 aliphatic carbocycles. The van der Waals surface area contributed by atoms with Crippen molar-refractivity contribution in [1.29, 1.82) is 5.26 Å². The third-order valence-corrected chi connectivity index (χ3v) is 3.17. The normalized spacial score (nSPS) is 24.5. The number of halogens is 1. The molecule has 1 aromatic rings. The fourth-order valence-electron chi connectivity index (χ4n) is 2.18. The molecule has 17 heavy (non-hydrogen) atoms. The van der Waals surface area contributed by atoms with Crippen LogP contribution in [0.4, 0.5) is 5.69 Å². The minimum absolute atomic E-state index is 0.216. The summed E-state index contributed by atoms with van der Waals surface area (Å²) in [5.74, 6) is 0. The molecule has 1 heterocycles. The van der Waals surface area contributed by atoms with E-state index in [2.05, 4.69) is 24.8 Å². The molecule has 0 N–H and O–H groups in total. The molecule has 1 saturated heterocycles. The van der Waals surface area contributed by atoms with Crippen LogP contribution in [0.2, 0.25) is 5.02 Å². The second-order valence-corrected chi connectivity index (χ2v) is 4.85. The molecule has 1 fully saturated rings. The van der Waals surface area contributed by atoms with Crippen LogP contribution < -0.4 is 4.90 Å². The van der Waals surface area contributed by atoms with Gasteiger partial charge in [-0.25, -0.2) is 0 Å². The third kappa shape index (κ3) is 2.71. The molecule has 1 aliphatic rings. The van der Waals surface area contributed by atoms with Gasteiger partial charge in [0.1, 0.15) is 6.07 Å². The van der Waals surface area contributed by atoms with Gasteiger partial charge in [-0.15, -0.1) is 0 Å². The summed E-state index contributed by atoms with van der Waals surface area (Å²) in [4.78, 5) is 2.24. The molecular formula is C13H15ClN2O. The molecular weight excluding hydrogens is 236 g/mol. The van der Waals surface area contributed by atoms with E-state index in [1.807, 2.05) is 12.1 Å². The number of anilines is 1. The van der Waals surface area contributed by atoms with Gasteiger partial charge in [-0.1, -0.05) is 11.6 Å². The largest absolute Gasteiger partial charge is 0.372 e. The summed E-state index contributed by atoms with van der Waals surface area (Å²) in [6.45, 7) is 5.83. The van der Waals surface area contributed by atoms with Crippen LogP contribution in [0.1, 0.15) is 19.4 Å². The van der Waals surface area contributed by atoms with Crippen LogP contribution in [0.5, 0.6) is 0 Å². The van der Waals surface area contributed by atoms with Gasteiger partial charge in [0.15, 0.2) is 0 Å². The van der Waals surface area contributed by atoms with Crippen LogP contribution in [0.25, 0.3) is 0 Å². The van der Waals surface area contributed by atoms with E-state index >= 15 is 0 Å². The van der Waals surface area contributed by atoms with E-state index < -0.39 is 0 Å². The Morgan fingerprint density at radius 2 is 2.00 bits per heavy atom. The highest BCUT2D eigenvalue weighted by atomic mass is 35.5. The zero-order valence-corrected chi connectivity index (χ0v) is 10.7. The maximum atomic E-state index is 8.84. The van der Waals surface area contributed by atoms with Gasteiger partial charge in [0, 0.05) is 18.8 Å². The van der Waals surface area contributed by atoms with Crippen LogP contribution in [-0.4, -0.2) is 25.3 Å². The molecule has 2 atom stereocenters. The number of nitriles is 1. The first kappa shape index (κ1) is 12.2. The molecule has 1 aromatic carbocycles. The number of hydrogen-bond acceptors (Lipinski definition) is 3. The summed E-state index contributed by atoms with van der Waals surface area (Å²) >= 11 is 6.04. The Hall–Kier alpha value is -1.24. The van der Waals surface area contributed by atoms with E-state index in [1.54, 1.807) is 6.07 Å². The Labute approximate surface area is 107 Å². The lowest BCUT2D eigenvalue weighted by Gasteiger charge is -2.37. The summed E-state index contributed by atoms with van der Waals surface area (Å²) in [6, 6.07) is 7.63. The maximum Gasteiger partial charge on any atom is 0.101 e. The summed E-state index contributed by atoms with van der Waals surface area (Å²) in [6.07, 6.45) is 0.432. The first-order valence-corrected chi connectivity index (χ1v) is 6.08. The highest BCUT2D eigenvalue weighted by Gasteiger charge is 2.22. The fourth-order valence-corrected chi connectivity index (χ4v) is 2.40. The van der Waals surface area contributed by atoms with Gasteiger partial charge < -0.3 is 9.64 Å². The molecule has 0 saturated carbocycles. The number of ether oxygens (including phenoxy) is 1. The highest BCUT2D eigenvalue weighted by molar-refractivity contribution is 6.32. The van der Waals surface area contributed by atoms with Crippen LogP contribution >= 0.6 is 11.6 Å². The van der Waals surface area contributed by atoms with Crippen molar-refractivity contribution in [1.82, 2.24) is 0 Å². The van der Waals surface area contributed by atoms with E-state index in [0.29, 0.717) is 10.6 Å². The molecule has 0 bridgehead atoms. The molecule has 0 radical (unpaired) electrons. The van der Waals surface area contributed by atoms with E-state index in [4.69, 9.17) is 21.6 Å². The van der Waals surface area contributed by atoms with Crippen LogP contribution in [0.3, 0.4) is 0 Å². The molecule has 0 amide bonds. The Kier molecular flexibility index (Phi) is 3.56. The van der Waals surface area contributed by atoms with Gasteiger partial charge in [-0.3, -0.25) is 0 Å². The average molecular weight is 251 g/mol. The SMILES string of the molecule is C[C@@H]1CN(c2ccc(C#N)c(Cl)c2)C[C@H](C)O1. The van der Waals surface area contributed by atoms with Gasteiger partial charge in [-0.2, -0.15) is 5.26 Å². The van der Waals surface area contributed by atoms with Gasteiger partial charge in [0.2, 0.25) is 0 Å². The van der Waals surface area contributed by atoms with E-state index in [9.17, 15) is 0 Å². The van der Waals surface area contributed by atoms with Gasteiger partial charge in [0.05, 0.1) is 22.8 Å². The van der Waals surface area contributed by atoms with Gasteiger partial charge in [-0.05, 0) is 32.0 Å². The summed E-state index contributed by atoms with van der Waals surface area (Å²) in [5.41, 5.74) is 1.57. The van der Waals surface area contributed by atoms with Gasteiger partial charge in [0.25, 0.3) is 0 Å². The van der Waals surface area contributed by atoms with Crippen molar-refractivity contribution in [2.24, 2.45) is 0 Å². The molecule has 90 valence electrons. The van der Waals surface area contributed by atoms with Crippen LogP contribution in [-0.2, 0) is 4.74 Å². The molecule has 0 spiro atoms. The predicted molar refractivity (Wildman–Crippen MR) is 68.4 cm³/mol. The minimum Gasteiger partial charge on any atom is -0.372 e. The molecule has 3 nitrogen and oxygen atoms in total. The topological polar surface area (TPSA) is 36.3 Å². The van der Waals surface area contributed by atoms with Crippen molar-refractivity contribution >= 4 is 17.3 Å². The van der Waals surface area contributed by atoms with Crippen LogP contribution in [0, 0.1) is 11.3 Å². The zero-order chi connectivity index (χ0) is 12.4. The zero-order valence-electron chi connectivity index (χ0n) is 9.98. The van der Waals surface area contributed by atoms with Crippen molar-refractivity contribution in [3.63, 3.8) is 0 Å². The molecule has 2 rings (SSSR count). The molecule has 0 unspecified atom stereocenters. The summed E-state index contributed by atoms with van der Waals surface area (Å²) < 4.78 is 5.69. The number of morpholine rings is 1. The smallest absolute Gasteiger partial charge is 0.101 e. The Morgan fingerprint density at radius 1 is 1.35 bits per heavy atom. The highest BCUT2D eigenvalue weighted by Crippen LogP contribution is 2.25. The lowest BCUT2D eigenvalue weighted by molar-refractivity contribution is -0.00521. The fraction of sp³-hybridized carbons (Fsp3) is 0.462. The maximum absolute atomic E-state index is 8.84. The van der Waals surface area contributed by atoms with E-state index in [1.165, 1.54) is 0 Å². The van der Waals surface area contributed by atoms with Gasteiger partial charge >= 0.3 is 0 Å². The lowest BCUT2D eigenvalue weighted by Crippen LogP contribution is -2.45. The standard InChI is InChI=1S/C13H15ClN2O/c1-9-7-16(8-10(2)17-9)12-4-3-11(6-15)13(14)5-12/h3-5,9-10H,7-8H2,1-2H3/t9-,10+. The molecule has 0 aromatic heterocycles. The van der Waals surface area contributed by atoms with Crippen molar-refractivity contribution in [3.8, 4) is 6.07 Å². The number of benzene rings is 1. The first-order chi connectivity index (χ1) is 8.10. The molecule has 4 heteroatoms. The summed E-state index contributed by atoms with van der Waals surface area (Å²) in [5, 5.41) is 9.35. The molecule has 1 aliphatic heterocycles. The third-order valence-electron chi connectivity index (χ3n) is 2.86. The van der Waals surface area contributed by atoms with Crippen molar-refractivity contribution < 1.29 is 4.74 Å². The van der Waals surface area contributed by atoms with Crippen molar-refractivity contribution in [2.75, 3.05) is 18.0 Å². The number of nitrogens with zero attached hydrogens (tertiary/aromatic N) is 2. The average Bonchev–Trinajstić information content (AvgIpc) is 2.27. The Morgan fingerprint density at radius 3 is 2.53 bits per heavy atom. The Balaban J connectivity index is 2.22. The lowest BCUT2D eigenvalue weighted by atomic mass is 10.1. The van der Waals surface area contributed by atoms with E-state index in [0.717, 1.165) is 18.8 Å². The first-order valence-electron chi connectivity index (χ1n) is 5.70.